The number of benzene rings is 2. The Bertz CT molecular complexity index is 1060. The fourth-order valence-electron chi connectivity index (χ4n) is 2.81. The lowest BCUT2D eigenvalue weighted by Crippen LogP contribution is -2.12. The molecular formula is C23H23NO6S. The van der Waals surface area contributed by atoms with Crippen LogP contribution in [0.5, 0.6) is 17.2 Å². The summed E-state index contributed by atoms with van der Waals surface area (Å²) in [6, 6.07) is 11.9. The first-order valence-corrected chi connectivity index (χ1v) is 10.5. The quantitative estimate of drug-likeness (QED) is 0.584. The van der Waals surface area contributed by atoms with E-state index in [9.17, 15) is 15.0 Å². The number of ether oxygens (including phenoxy) is 3. The van der Waals surface area contributed by atoms with E-state index in [1.165, 1.54) is 6.07 Å². The zero-order valence-corrected chi connectivity index (χ0v) is 18.2. The summed E-state index contributed by atoms with van der Waals surface area (Å²) in [5.41, 5.74) is 1.30. The van der Waals surface area contributed by atoms with Crippen LogP contribution in [0.15, 0.2) is 63.7 Å². The molecule has 7 nitrogen and oxygen atoms in total. The van der Waals surface area contributed by atoms with Gasteiger partial charge in [0.1, 0.15) is 22.1 Å². The van der Waals surface area contributed by atoms with Gasteiger partial charge < -0.3 is 24.4 Å². The number of aromatic hydroxyl groups is 1. The van der Waals surface area contributed by atoms with Gasteiger partial charge in [-0.15, -0.1) is 0 Å². The molecule has 31 heavy (non-hydrogen) atoms. The minimum atomic E-state index is -0.649. The van der Waals surface area contributed by atoms with E-state index in [-0.39, 0.29) is 23.7 Å². The summed E-state index contributed by atoms with van der Waals surface area (Å²) in [5.74, 6) is 0.188. The lowest BCUT2D eigenvalue weighted by Gasteiger charge is -2.07. The van der Waals surface area contributed by atoms with E-state index in [1.54, 1.807) is 56.5 Å². The van der Waals surface area contributed by atoms with Crippen LogP contribution in [0.3, 0.4) is 0 Å². The van der Waals surface area contributed by atoms with Gasteiger partial charge in [-0.1, -0.05) is 17.8 Å². The van der Waals surface area contributed by atoms with E-state index in [4.69, 9.17) is 14.2 Å². The Balaban J connectivity index is 2.01. The molecule has 0 aliphatic carbocycles. The Morgan fingerprint density at radius 3 is 2.48 bits per heavy atom. The molecule has 3 rings (SSSR count). The summed E-state index contributed by atoms with van der Waals surface area (Å²) in [6.45, 7) is 4.09. The van der Waals surface area contributed by atoms with Gasteiger partial charge in [0.25, 0.3) is 0 Å². The van der Waals surface area contributed by atoms with Gasteiger partial charge in [0.2, 0.25) is 0 Å². The number of phenols is 1. The van der Waals surface area contributed by atoms with Crippen LogP contribution >= 0.6 is 11.8 Å². The van der Waals surface area contributed by atoms with Crippen molar-refractivity contribution in [1.29, 1.82) is 0 Å². The Labute approximate surface area is 184 Å². The van der Waals surface area contributed by atoms with Crippen molar-refractivity contribution >= 4 is 34.5 Å². The van der Waals surface area contributed by atoms with E-state index in [1.807, 2.05) is 6.92 Å². The summed E-state index contributed by atoms with van der Waals surface area (Å²) in [6.07, 6.45) is 1.69. The molecule has 2 N–H and O–H groups in total. The second kappa shape index (κ2) is 10.1. The number of aliphatic hydroxyl groups is 1. The number of esters is 1. The number of aliphatic imine (C=N–C) groups is 1. The smallest absolute Gasteiger partial charge is 0.344 e. The molecule has 0 unspecified atom stereocenters. The highest BCUT2D eigenvalue weighted by Crippen LogP contribution is 2.41. The minimum Gasteiger partial charge on any atom is -0.506 e. The van der Waals surface area contributed by atoms with Crippen molar-refractivity contribution in [3.05, 3.63) is 64.3 Å². The summed E-state index contributed by atoms with van der Waals surface area (Å²) < 4.78 is 15.7. The highest BCUT2D eigenvalue weighted by Gasteiger charge is 2.33. The third kappa shape index (κ3) is 5.21. The van der Waals surface area contributed by atoms with Gasteiger partial charge in [0.05, 0.1) is 30.9 Å². The van der Waals surface area contributed by atoms with Crippen molar-refractivity contribution in [1.82, 2.24) is 0 Å². The number of carbonyl (C=O) groups excluding carboxylic acids is 1. The van der Waals surface area contributed by atoms with Gasteiger partial charge in [-0.05, 0) is 61.9 Å². The molecule has 8 heteroatoms. The molecule has 0 amide bonds. The monoisotopic (exact) mass is 441 g/mol. The lowest BCUT2D eigenvalue weighted by molar-refractivity contribution is -0.138. The van der Waals surface area contributed by atoms with Crippen LogP contribution in [0.2, 0.25) is 0 Å². The van der Waals surface area contributed by atoms with Crippen molar-refractivity contribution in [3.63, 3.8) is 0 Å². The average molecular weight is 442 g/mol. The predicted molar refractivity (Wildman–Crippen MR) is 121 cm³/mol. The van der Waals surface area contributed by atoms with Crippen molar-refractivity contribution in [2.75, 3.05) is 20.3 Å². The van der Waals surface area contributed by atoms with Crippen LogP contribution in [0.1, 0.15) is 19.4 Å². The zero-order valence-electron chi connectivity index (χ0n) is 17.4. The van der Waals surface area contributed by atoms with Crippen LogP contribution < -0.4 is 9.47 Å². The maximum atomic E-state index is 12.5. The molecule has 0 atom stereocenters. The van der Waals surface area contributed by atoms with Gasteiger partial charge in [-0.3, -0.25) is 0 Å². The largest absolute Gasteiger partial charge is 0.506 e. The normalized spacial score (nSPS) is 16.1. The molecule has 2 aromatic rings. The van der Waals surface area contributed by atoms with Crippen LogP contribution in [0.4, 0.5) is 5.69 Å². The molecule has 0 saturated heterocycles. The van der Waals surface area contributed by atoms with Crippen LogP contribution in [0.25, 0.3) is 6.08 Å². The van der Waals surface area contributed by atoms with E-state index in [0.717, 1.165) is 11.8 Å². The fourth-order valence-corrected chi connectivity index (χ4v) is 3.84. The molecular weight excluding hydrogens is 418 g/mol. The number of methoxy groups -OCH3 is 1. The predicted octanol–water partition coefficient (Wildman–Crippen LogP) is 4.99. The molecule has 2 aromatic carbocycles. The van der Waals surface area contributed by atoms with Crippen LogP contribution in [0, 0.1) is 0 Å². The van der Waals surface area contributed by atoms with Gasteiger partial charge in [0.15, 0.2) is 11.5 Å². The van der Waals surface area contributed by atoms with Crippen molar-refractivity contribution < 1.29 is 29.2 Å². The molecule has 0 bridgehead atoms. The standard InChI is InChI=1S/C23H23NO6S/c1-4-29-18-12-14(6-11-17(18)25)13-19-21(26)20(23(27)30-5-2)22(31-19)24-15-7-9-16(28-3)10-8-15/h6-13,25-26H,4-5H2,1-3H3/b19-13+,24-22?. The Morgan fingerprint density at radius 2 is 1.84 bits per heavy atom. The maximum Gasteiger partial charge on any atom is 0.344 e. The number of nitrogens with zero attached hydrogens (tertiary/aromatic N) is 1. The van der Waals surface area contributed by atoms with Crippen molar-refractivity contribution in [2.45, 2.75) is 13.8 Å². The highest BCUT2D eigenvalue weighted by molar-refractivity contribution is 8.18. The molecule has 1 aliphatic heterocycles. The molecule has 0 aromatic heterocycles. The molecule has 162 valence electrons. The van der Waals surface area contributed by atoms with Crippen LogP contribution in [-0.4, -0.2) is 41.5 Å². The Hall–Kier alpha value is -3.39. The Morgan fingerprint density at radius 1 is 1.10 bits per heavy atom. The molecule has 0 fully saturated rings. The minimum absolute atomic E-state index is 0.0118. The lowest BCUT2D eigenvalue weighted by atomic mass is 10.1. The number of thioether (sulfide) groups is 1. The molecule has 0 radical (unpaired) electrons. The second-order valence-electron chi connectivity index (χ2n) is 6.33. The van der Waals surface area contributed by atoms with Gasteiger partial charge in [-0.25, -0.2) is 9.79 Å². The maximum absolute atomic E-state index is 12.5. The number of phenolic OH excluding ortho intramolecular Hbond substituents is 1. The van der Waals surface area contributed by atoms with E-state index >= 15 is 0 Å². The SMILES string of the molecule is CCOC(=O)C1=C(O)/C(=C\c2ccc(O)c(OCC)c2)SC1=Nc1ccc(OC)cc1. The van der Waals surface area contributed by atoms with Gasteiger partial charge in [-0.2, -0.15) is 0 Å². The third-order valence-electron chi connectivity index (χ3n) is 4.25. The first-order valence-electron chi connectivity index (χ1n) is 9.66. The Kier molecular flexibility index (Phi) is 7.25. The number of aliphatic hydroxyl groups excluding tert-OH is 1. The first kappa shape index (κ1) is 22.3. The fraction of sp³-hybridized carbons (Fsp3) is 0.217. The van der Waals surface area contributed by atoms with Crippen molar-refractivity contribution in [3.8, 4) is 17.2 Å². The number of hydrogen-bond donors (Lipinski definition) is 2. The third-order valence-corrected chi connectivity index (χ3v) is 5.27. The summed E-state index contributed by atoms with van der Waals surface area (Å²) in [7, 11) is 1.57. The highest BCUT2D eigenvalue weighted by atomic mass is 32.2. The number of hydrogen-bond acceptors (Lipinski definition) is 8. The average Bonchev–Trinajstić information content (AvgIpc) is 3.06. The summed E-state index contributed by atoms with van der Waals surface area (Å²) in [5, 5.41) is 21.0. The van der Waals surface area contributed by atoms with Crippen molar-refractivity contribution in [2.24, 2.45) is 4.99 Å². The molecule has 0 saturated carbocycles. The molecule has 1 heterocycles. The number of rotatable bonds is 7. The van der Waals surface area contributed by atoms with Gasteiger partial charge in [0, 0.05) is 0 Å². The van der Waals surface area contributed by atoms with Gasteiger partial charge >= 0.3 is 5.97 Å². The summed E-state index contributed by atoms with van der Waals surface area (Å²) in [4.78, 5) is 17.5. The van der Waals surface area contributed by atoms with E-state index < -0.39 is 5.97 Å². The summed E-state index contributed by atoms with van der Waals surface area (Å²) >= 11 is 1.16. The molecule has 0 spiro atoms. The van der Waals surface area contributed by atoms with E-state index in [2.05, 4.69) is 4.99 Å². The van der Waals surface area contributed by atoms with Crippen LogP contribution in [-0.2, 0) is 9.53 Å². The first-order chi connectivity index (χ1) is 15.0. The zero-order chi connectivity index (χ0) is 22.4. The second-order valence-corrected chi connectivity index (χ2v) is 7.36. The number of carbonyl (C=O) groups is 1. The molecule has 1 aliphatic rings. The van der Waals surface area contributed by atoms with E-state index in [0.29, 0.717) is 39.3 Å². The topological polar surface area (TPSA) is 97.6 Å².